The van der Waals surface area contributed by atoms with E-state index < -0.39 is 0 Å². The molecule has 3 nitrogen and oxygen atoms in total. The summed E-state index contributed by atoms with van der Waals surface area (Å²) in [4.78, 5) is 12.8. The van der Waals surface area contributed by atoms with E-state index in [1.807, 2.05) is 68.4 Å². The molecule has 0 aliphatic heterocycles. The fraction of sp³-hybridized carbons (Fsp3) is 0.174. The molecule has 0 saturated carbocycles. The van der Waals surface area contributed by atoms with Gasteiger partial charge in [0.15, 0.2) is 6.04 Å². The minimum atomic E-state index is -0.270. The van der Waals surface area contributed by atoms with Crippen LogP contribution in [-0.4, -0.2) is 11.9 Å². The molecule has 1 amide bonds. The number of hydrogen-bond acceptors (Lipinski definition) is 1. The monoisotopic (exact) mass is 379 g/mol. The highest BCUT2D eigenvalue weighted by atomic mass is 35.5. The maximum atomic E-state index is 12.8. The van der Waals surface area contributed by atoms with Gasteiger partial charge in [0.05, 0.1) is 0 Å². The molecule has 0 aromatic heterocycles. The normalized spacial score (nSPS) is 12.0. The Balaban J connectivity index is 1.79. The number of nitrogens with one attached hydrogen (secondary N) is 1. The maximum absolute atomic E-state index is 12.8. The lowest BCUT2D eigenvalue weighted by Crippen LogP contribution is -2.92. The van der Waals surface area contributed by atoms with Gasteiger partial charge in [0.25, 0.3) is 5.91 Å². The van der Waals surface area contributed by atoms with Crippen LogP contribution in [0, 0.1) is 6.92 Å². The highest BCUT2D eigenvalue weighted by molar-refractivity contribution is 6.31. The van der Waals surface area contributed by atoms with Gasteiger partial charge in [-0.15, -0.1) is 0 Å². The first-order valence-corrected chi connectivity index (χ1v) is 9.45. The summed E-state index contributed by atoms with van der Waals surface area (Å²) in [7, 11) is 0. The van der Waals surface area contributed by atoms with Crippen molar-refractivity contribution >= 4 is 23.2 Å². The van der Waals surface area contributed by atoms with Crippen LogP contribution in [0.25, 0.3) is 0 Å². The van der Waals surface area contributed by atoms with Gasteiger partial charge in [0, 0.05) is 21.8 Å². The standard InChI is InChI=1S/C23H23ClN2O/c1-16-20(24)14-9-15-21(16)26-23(27)17(2)25-22(18-10-5-3-6-11-18)19-12-7-4-8-13-19/h3-15,17,22,25H,1-2H3,(H,26,27)/p+1/t17-/m0/s1. The molecule has 27 heavy (non-hydrogen) atoms. The van der Waals surface area contributed by atoms with Gasteiger partial charge in [0.2, 0.25) is 0 Å². The van der Waals surface area contributed by atoms with Crippen molar-refractivity contribution in [3.8, 4) is 0 Å². The average molecular weight is 380 g/mol. The zero-order valence-electron chi connectivity index (χ0n) is 15.5. The fourth-order valence-corrected chi connectivity index (χ4v) is 3.28. The number of quaternary nitrogens is 1. The van der Waals surface area contributed by atoms with Crippen LogP contribution in [0.5, 0.6) is 0 Å². The Morgan fingerprint density at radius 3 is 2.00 bits per heavy atom. The first-order chi connectivity index (χ1) is 13.1. The molecule has 3 rings (SSSR count). The van der Waals surface area contributed by atoms with E-state index in [2.05, 4.69) is 34.9 Å². The lowest BCUT2D eigenvalue weighted by atomic mass is 9.98. The van der Waals surface area contributed by atoms with E-state index in [0.717, 1.165) is 11.3 Å². The largest absolute Gasteiger partial charge is 0.326 e. The summed E-state index contributed by atoms with van der Waals surface area (Å²) in [5, 5.41) is 5.75. The summed E-state index contributed by atoms with van der Waals surface area (Å²) in [5.41, 5.74) is 3.97. The van der Waals surface area contributed by atoms with Crippen LogP contribution in [0.15, 0.2) is 78.9 Å². The predicted molar refractivity (Wildman–Crippen MR) is 111 cm³/mol. The molecule has 0 spiro atoms. The molecule has 0 aliphatic carbocycles. The van der Waals surface area contributed by atoms with Gasteiger partial charge in [-0.2, -0.15) is 0 Å². The highest BCUT2D eigenvalue weighted by Gasteiger charge is 2.25. The van der Waals surface area contributed by atoms with E-state index in [1.54, 1.807) is 0 Å². The Labute approximate surface area is 165 Å². The molecule has 3 aromatic carbocycles. The van der Waals surface area contributed by atoms with E-state index in [0.29, 0.717) is 5.02 Å². The van der Waals surface area contributed by atoms with Crippen molar-refractivity contribution in [2.45, 2.75) is 25.9 Å². The number of hydrogen-bond donors (Lipinski definition) is 2. The van der Waals surface area contributed by atoms with Crippen molar-refractivity contribution < 1.29 is 10.1 Å². The molecule has 0 saturated heterocycles. The quantitative estimate of drug-likeness (QED) is 0.658. The lowest BCUT2D eigenvalue weighted by Gasteiger charge is -2.21. The Kier molecular flexibility index (Phi) is 6.28. The minimum Gasteiger partial charge on any atom is -0.326 e. The summed E-state index contributed by atoms with van der Waals surface area (Å²) >= 11 is 6.16. The van der Waals surface area contributed by atoms with E-state index in [9.17, 15) is 4.79 Å². The molecule has 0 heterocycles. The van der Waals surface area contributed by atoms with Gasteiger partial charge in [-0.3, -0.25) is 4.79 Å². The topological polar surface area (TPSA) is 45.7 Å². The third-order valence-corrected chi connectivity index (χ3v) is 5.15. The van der Waals surface area contributed by atoms with Crippen molar-refractivity contribution in [1.29, 1.82) is 0 Å². The number of anilines is 1. The van der Waals surface area contributed by atoms with Gasteiger partial charge in [-0.25, -0.2) is 0 Å². The van der Waals surface area contributed by atoms with Gasteiger partial charge in [0.1, 0.15) is 6.04 Å². The van der Waals surface area contributed by atoms with E-state index in [4.69, 9.17) is 11.6 Å². The molecular weight excluding hydrogens is 356 g/mol. The number of amides is 1. The first kappa shape index (κ1) is 19.2. The molecule has 138 valence electrons. The van der Waals surface area contributed by atoms with Crippen LogP contribution >= 0.6 is 11.6 Å². The molecule has 4 heteroatoms. The summed E-state index contributed by atoms with van der Waals surface area (Å²) in [6.45, 7) is 3.83. The van der Waals surface area contributed by atoms with Crippen molar-refractivity contribution in [3.63, 3.8) is 0 Å². The Bertz CT molecular complexity index is 857. The molecule has 0 bridgehead atoms. The zero-order valence-corrected chi connectivity index (χ0v) is 16.3. The second-order valence-electron chi connectivity index (χ2n) is 6.68. The van der Waals surface area contributed by atoms with Crippen LogP contribution in [-0.2, 0) is 4.79 Å². The van der Waals surface area contributed by atoms with Crippen LogP contribution in [0.1, 0.15) is 29.7 Å². The third kappa shape index (κ3) is 4.76. The molecule has 0 fully saturated rings. The van der Waals surface area contributed by atoms with Gasteiger partial charge >= 0.3 is 0 Å². The highest BCUT2D eigenvalue weighted by Crippen LogP contribution is 2.23. The Morgan fingerprint density at radius 1 is 0.889 bits per heavy atom. The van der Waals surface area contributed by atoms with Crippen molar-refractivity contribution in [2.24, 2.45) is 0 Å². The summed E-state index contributed by atoms with van der Waals surface area (Å²) < 4.78 is 0. The second kappa shape index (κ2) is 8.85. The molecule has 0 unspecified atom stereocenters. The van der Waals surface area contributed by atoms with Crippen molar-refractivity contribution in [3.05, 3.63) is 101 Å². The first-order valence-electron chi connectivity index (χ1n) is 9.07. The van der Waals surface area contributed by atoms with Gasteiger partial charge in [-0.05, 0) is 31.5 Å². The summed E-state index contributed by atoms with van der Waals surface area (Å²) in [6, 6.07) is 25.8. The van der Waals surface area contributed by atoms with Crippen LogP contribution in [0.3, 0.4) is 0 Å². The van der Waals surface area contributed by atoms with E-state index in [-0.39, 0.29) is 18.0 Å². The van der Waals surface area contributed by atoms with E-state index in [1.165, 1.54) is 11.1 Å². The number of rotatable bonds is 6. The molecule has 0 aliphatic rings. The SMILES string of the molecule is Cc1c(Cl)cccc1NC(=O)[C@H](C)[NH2+]C(c1ccccc1)c1ccccc1. The number of carbonyl (C=O) groups excluding carboxylic acids is 1. The number of carbonyl (C=O) groups is 1. The predicted octanol–water partition coefficient (Wildman–Crippen LogP) is 4.33. The van der Waals surface area contributed by atoms with Crippen molar-refractivity contribution in [1.82, 2.24) is 0 Å². The van der Waals surface area contributed by atoms with Crippen LogP contribution < -0.4 is 10.6 Å². The van der Waals surface area contributed by atoms with Crippen molar-refractivity contribution in [2.75, 3.05) is 5.32 Å². The fourth-order valence-electron chi connectivity index (χ4n) is 3.10. The van der Waals surface area contributed by atoms with E-state index >= 15 is 0 Å². The van der Waals surface area contributed by atoms with Crippen LogP contribution in [0.4, 0.5) is 5.69 Å². The Hall–Kier alpha value is -2.62. The zero-order chi connectivity index (χ0) is 19.2. The number of benzene rings is 3. The van der Waals surface area contributed by atoms with Crippen LogP contribution in [0.2, 0.25) is 5.02 Å². The molecule has 3 aromatic rings. The lowest BCUT2D eigenvalue weighted by molar-refractivity contribution is -0.704. The number of nitrogens with two attached hydrogens (primary N) is 1. The summed E-state index contributed by atoms with van der Waals surface area (Å²) in [5.74, 6) is -0.0442. The molecule has 1 atom stereocenters. The Morgan fingerprint density at radius 2 is 1.44 bits per heavy atom. The average Bonchev–Trinajstić information content (AvgIpc) is 2.70. The maximum Gasteiger partial charge on any atom is 0.282 e. The van der Waals surface area contributed by atoms with Gasteiger partial charge in [-0.1, -0.05) is 78.3 Å². The smallest absolute Gasteiger partial charge is 0.282 e. The third-order valence-electron chi connectivity index (χ3n) is 4.74. The van der Waals surface area contributed by atoms with Gasteiger partial charge < -0.3 is 10.6 Å². The molecule has 3 N–H and O–H groups in total. The number of halogens is 1. The second-order valence-corrected chi connectivity index (χ2v) is 7.09. The summed E-state index contributed by atoms with van der Waals surface area (Å²) in [6.07, 6.45) is 0. The minimum absolute atomic E-state index is 0.0442. The molecular formula is C23H24ClN2O+. The molecule has 0 radical (unpaired) electrons.